The van der Waals surface area contributed by atoms with Crippen LogP contribution in [-0.2, 0) is 33.3 Å². The van der Waals surface area contributed by atoms with Gasteiger partial charge in [0.1, 0.15) is 25.9 Å². The molecule has 0 amide bonds. The van der Waals surface area contributed by atoms with Crippen molar-refractivity contribution in [1.82, 2.24) is 0 Å². The summed E-state index contributed by atoms with van der Waals surface area (Å²) in [6.07, 6.45) is 1.98. The van der Waals surface area contributed by atoms with Gasteiger partial charge in [-0.3, -0.25) is 4.79 Å². The minimum absolute atomic E-state index is 0.0747. The summed E-state index contributed by atoms with van der Waals surface area (Å²) in [6.45, 7) is 16.2. The van der Waals surface area contributed by atoms with Crippen molar-refractivity contribution in [2.45, 2.75) is 26.9 Å². The molecule has 7 heteroatoms. The maximum absolute atomic E-state index is 10.7. The number of carbonyl (C=O) groups is 3. The van der Waals surface area contributed by atoms with Crippen LogP contribution in [0.5, 0.6) is 0 Å². The summed E-state index contributed by atoms with van der Waals surface area (Å²) in [5, 5.41) is 0. The molecule has 7 nitrogen and oxygen atoms in total. The summed E-state index contributed by atoms with van der Waals surface area (Å²) in [4.78, 5) is 31.7. The van der Waals surface area contributed by atoms with Crippen LogP contribution in [0.25, 0.3) is 6.08 Å². The molecular formula is C23H30O7. The van der Waals surface area contributed by atoms with Gasteiger partial charge < -0.3 is 18.9 Å². The molecule has 0 aromatic heterocycles. The highest BCUT2D eigenvalue weighted by atomic mass is 16.6. The van der Waals surface area contributed by atoms with Crippen molar-refractivity contribution in [3.8, 4) is 0 Å². The van der Waals surface area contributed by atoms with Gasteiger partial charge in [0, 0.05) is 18.1 Å². The third-order valence-electron chi connectivity index (χ3n) is 3.16. The Kier molecular flexibility index (Phi) is 14.0. The van der Waals surface area contributed by atoms with Gasteiger partial charge in [0.15, 0.2) is 0 Å². The van der Waals surface area contributed by atoms with Crippen LogP contribution in [0, 0.1) is 0 Å². The average molecular weight is 418 g/mol. The van der Waals surface area contributed by atoms with Gasteiger partial charge in [-0.15, -0.1) is 0 Å². The highest BCUT2D eigenvalue weighted by Gasteiger charge is 2.24. The van der Waals surface area contributed by atoms with Gasteiger partial charge in [0.05, 0.1) is 6.61 Å². The lowest BCUT2D eigenvalue weighted by atomic mass is 10.2. The van der Waals surface area contributed by atoms with Crippen molar-refractivity contribution in [2.75, 3.05) is 26.4 Å². The Morgan fingerprint density at radius 1 is 0.967 bits per heavy atom. The Morgan fingerprint density at radius 3 is 1.87 bits per heavy atom. The van der Waals surface area contributed by atoms with E-state index in [1.165, 1.54) is 12.5 Å². The van der Waals surface area contributed by atoms with E-state index in [1.54, 1.807) is 13.8 Å². The number of rotatable bonds is 8. The van der Waals surface area contributed by atoms with E-state index in [0.29, 0.717) is 24.4 Å². The molecule has 164 valence electrons. The van der Waals surface area contributed by atoms with Crippen molar-refractivity contribution in [3.63, 3.8) is 0 Å². The number of carbonyl (C=O) groups excluding carboxylic acids is 3. The Bertz CT molecular complexity index is 718. The Hall–Kier alpha value is -3.19. The summed E-state index contributed by atoms with van der Waals surface area (Å²) in [5.41, 5.74) is 1.94. The minimum atomic E-state index is -0.470. The topological polar surface area (TPSA) is 91.4 Å². The molecule has 1 fully saturated rings. The molecule has 2 rings (SSSR count). The molecule has 0 aliphatic carbocycles. The zero-order chi connectivity index (χ0) is 22.9. The predicted octanol–water partition coefficient (Wildman–Crippen LogP) is 3.50. The smallest absolute Gasteiger partial charge is 0.333 e. The zero-order valence-electron chi connectivity index (χ0n) is 17.8. The SMILES string of the molecule is C=C(C)C(=O)OCCOC(C)=O.C=C(C)C(=O)OC[C@H]1CO1.C=Cc1ccccc1. The van der Waals surface area contributed by atoms with Gasteiger partial charge in [0.25, 0.3) is 0 Å². The van der Waals surface area contributed by atoms with E-state index in [9.17, 15) is 14.4 Å². The number of hydrogen-bond donors (Lipinski definition) is 0. The first-order valence-corrected chi connectivity index (χ1v) is 9.25. The summed E-state index contributed by atoms with van der Waals surface area (Å²) < 4.78 is 18.8. The van der Waals surface area contributed by atoms with E-state index in [2.05, 4.69) is 29.2 Å². The van der Waals surface area contributed by atoms with Gasteiger partial charge in [0.2, 0.25) is 0 Å². The molecule has 0 bridgehead atoms. The highest BCUT2D eigenvalue weighted by Crippen LogP contribution is 2.09. The molecular weight excluding hydrogens is 388 g/mol. The third-order valence-corrected chi connectivity index (χ3v) is 3.16. The second kappa shape index (κ2) is 15.7. The maximum atomic E-state index is 10.7. The number of hydrogen-bond acceptors (Lipinski definition) is 7. The lowest BCUT2D eigenvalue weighted by Gasteiger charge is -2.03. The fourth-order valence-corrected chi connectivity index (χ4v) is 1.49. The fraction of sp³-hybridized carbons (Fsp3) is 0.348. The molecule has 1 aliphatic rings. The van der Waals surface area contributed by atoms with E-state index in [1.807, 2.05) is 36.4 Å². The Balaban J connectivity index is 0.000000428. The minimum Gasteiger partial charge on any atom is -0.462 e. The molecule has 1 aromatic carbocycles. The van der Waals surface area contributed by atoms with E-state index >= 15 is 0 Å². The summed E-state index contributed by atoms with van der Waals surface area (Å²) in [6, 6.07) is 10.0. The summed E-state index contributed by atoms with van der Waals surface area (Å²) in [7, 11) is 0. The number of epoxide rings is 1. The van der Waals surface area contributed by atoms with E-state index in [-0.39, 0.29) is 31.3 Å². The van der Waals surface area contributed by atoms with Crippen molar-refractivity contribution in [3.05, 3.63) is 66.8 Å². The first kappa shape index (κ1) is 26.8. The Labute approximate surface area is 178 Å². The zero-order valence-corrected chi connectivity index (χ0v) is 17.8. The first-order chi connectivity index (χ1) is 14.2. The average Bonchev–Trinajstić information content (AvgIpc) is 3.55. The van der Waals surface area contributed by atoms with Crippen LogP contribution in [0.1, 0.15) is 26.3 Å². The highest BCUT2D eigenvalue weighted by molar-refractivity contribution is 5.87. The monoisotopic (exact) mass is 418 g/mol. The van der Waals surface area contributed by atoms with Crippen LogP contribution >= 0.6 is 0 Å². The van der Waals surface area contributed by atoms with Crippen LogP contribution < -0.4 is 0 Å². The number of benzene rings is 1. The molecule has 1 aliphatic heterocycles. The van der Waals surface area contributed by atoms with Crippen molar-refractivity contribution >= 4 is 24.0 Å². The molecule has 0 spiro atoms. The predicted molar refractivity (Wildman–Crippen MR) is 114 cm³/mol. The quantitative estimate of drug-likeness (QED) is 0.210. The van der Waals surface area contributed by atoms with Gasteiger partial charge in [-0.1, -0.05) is 56.1 Å². The van der Waals surface area contributed by atoms with E-state index in [4.69, 9.17) is 9.47 Å². The fourth-order valence-electron chi connectivity index (χ4n) is 1.49. The van der Waals surface area contributed by atoms with Gasteiger partial charge in [-0.25, -0.2) is 9.59 Å². The van der Waals surface area contributed by atoms with Crippen LogP contribution in [0.2, 0.25) is 0 Å². The van der Waals surface area contributed by atoms with Crippen LogP contribution in [-0.4, -0.2) is 50.4 Å². The van der Waals surface area contributed by atoms with Crippen molar-refractivity contribution in [1.29, 1.82) is 0 Å². The second-order valence-electron chi connectivity index (χ2n) is 6.21. The van der Waals surface area contributed by atoms with Crippen LogP contribution in [0.15, 0.2) is 61.2 Å². The lowest BCUT2D eigenvalue weighted by Crippen LogP contribution is -2.12. The number of ether oxygens (including phenoxy) is 4. The summed E-state index contributed by atoms with van der Waals surface area (Å²) >= 11 is 0. The largest absolute Gasteiger partial charge is 0.462 e. The molecule has 1 saturated heterocycles. The van der Waals surface area contributed by atoms with Crippen LogP contribution in [0.4, 0.5) is 0 Å². The molecule has 1 aromatic rings. The lowest BCUT2D eigenvalue weighted by molar-refractivity contribution is -0.148. The number of esters is 3. The van der Waals surface area contributed by atoms with E-state index < -0.39 is 5.97 Å². The molecule has 30 heavy (non-hydrogen) atoms. The molecule has 0 saturated carbocycles. The van der Waals surface area contributed by atoms with Crippen molar-refractivity contribution < 1.29 is 33.3 Å². The van der Waals surface area contributed by atoms with Gasteiger partial charge in [-0.2, -0.15) is 0 Å². The Morgan fingerprint density at radius 2 is 1.47 bits per heavy atom. The summed E-state index contributed by atoms with van der Waals surface area (Å²) in [5.74, 6) is -1.20. The third kappa shape index (κ3) is 15.8. The molecule has 1 atom stereocenters. The molecule has 1 heterocycles. The van der Waals surface area contributed by atoms with E-state index in [0.717, 1.165) is 0 Å². The molecule has 0 radical (unpaired) electrons. The normalized spacial score (nSPS) is 13.1. The molecule has 0 unspecified atom stereocenters. The first-order valence-electron chi connectivity index (χ1n) is 9.25. The van der Waals surface area contributed by atoms with Gasteiger partial charge >= 0.3 is 17.9 Å². The standard InChI is InChI=1S/C8H12O4.C8H8.C7H10O3/c1-6(2)8(10)12-5-4-11-7(3)9;1-2-8-6-4-3-5-7-8;1-5(2)7(8)10-4-6-3-9-6/h1,4-5H2,2-3H3;2-7H,1H2;6H,1,3-4H2,2H3/t;;6-/m..1/s1. The second-order valence-corrected chi connectivity index (χ2v) is 6.21. The van der Waals surface area contributed by atoms with Crippen molar-refractivity contribution in [2.24, 2.45) is 0 Å². The van der Waals surface area contributed by atoms with Crippen LogP contribution in [0.3, 0.4) is 0 Å². The molecule has 0 N–H and O–H groups in total. The van der Waals surface area contributed by atoms with Gasteiger partial charge in [-0.05, 0) is 19.4 Å². The maximum Gasteiger partial charge on any atom is 0.333 e.